The average Bonchev–Trinajstić information content (AvgIpc) is 2.48. The number of carbonyl (C=O) groups is 1. The highest BCUT2D eigenvalue weighted by atomic mass is 19.1. The maximum absolute atomic E-state index is 14.7. The molecule has 0 bridgehead atoms. The van der Waals surface area contributed by atoms with Gasteiger partial charge < -0.3 is 10.6 Å². The minimum absolute atomic E-state index is 0.112. The molecule has 6 nitrogen and oxygen atoms in total. The average molecular weight is 333 g/mol. The third-order valence-electron chi connectivity index (χ3n) is 4.08. The quantitative estimate of drug-likeness (QED) is 0.884. The van der Waals surface area contributed by atoms with Crippen LogP contribution in [0.25, 0.3) is 11.3 Å². The van der Waals surface area contributed by atoms with Crippen LogP contribution in [0.4, 0.5) is 14.6 Å². The van der Waals surface area contributed by atoms with Gasteiger partial charge in [0.2, 0.25) is 5.91 Å². The van der Waals surface area contributed by atoms with Gasteiger partial charge in [0, 0.05) is 24.7 Å². The minimum atomic E-state index is -0.542. The molecular weight excluding hydrogens is 316 g/mol. The molecule has 0 unspecified atom stereocenters. The normalized spacial score (nSPS) is 14.8. The zero-order valence-corrected chi connectivity index (χ0v) is 13.1. The number of carbonyl (C=O) groups excluding carboxylic acids is 1. The summed E-state index contributed by atoms with van der Waals surface area (Å²) in [5.74, 6) is -1.13. The van der Waals surface area contributed by atoms with Crippen molar-refractivity contribution in [2.24, 2.45) is 5.73 Å². The standard InChI is InChI=1S/C16H17F2N5O/c1-22(8-13(19)24)12-6-23(7-12)16-14(18)15(20-9-21-16)10-2-4-11(17)5-3-10/h2-5,9,12H,6-8H2,1H3,(H2,19,24). The Labute approximate surface area is 137 Å². The van der Waals surface area contributed by atoms with E-state index in [1.54, 1.807) is 11.9 Å². The summed E-state index contributed by atoms with van der Waals surface area (Å²) < 4.78 is 27.7. The van der Waals surface area contributed by atoms with E-state index in [0.717, 1.165) is 0 Å². The smallest absolute Gasteiger partial charge is 0.231 e. The number of primary amides is 1. The van der Waals surface area contributed by atoms with Gasteiger partial charge in [-0.15, -0.1) is 0 Å². The molecule has 126 valence electrons. The van der Waals surface area contributed by atoms with Crippen LogP contribution in [0.5, 0.6) is 0 Å². The second kappa shape index (κ2) is 6.48. The van der Waals surface area contributed by atoms with Crippen molar-refractivity contribution in [3.05, 3.63) is 42.2 Å². The van der Waals surface area contributed by atoms with Crippen LogP contribution in [0, 0.1) is 11.6 Å². The van der Waals surface area contributed by atoms with E-state index in [2.05, 4.69) is 9.97 Å². The van der Waals surface area contributed by atoms with Gasteiger partial charge in [0.1, 0.15) is 17.8 Å². The molecule has 1 aromatic heterocycles. The largest absolute Gasteiger partial charge is 0.369 e. The molecule has 0 aliphatic carbocycles. The number of amides is 1. The van der Waals surface area contributed by atoms with Crippen LogP contribution in [-0.2, 0) is 4.79 Å². The first-order valence-corrected chi connectivity index (χ1v) is 7.45. The number of hydrogen-bond donors (Lipinski definition) is 1. The molecule has 1 aliphatic heterocycles. The molecule has 8 heteroatoms. The lowest BCUT2D eigenvalue weighted by Gasteiger charge is -2.44. The lowest BCUT2D eigenvalue weighted by Crippen LogP contribution is -2.60. The Hall–Kier alpha value is -2.61. The van der Waals surface area contributed by atoms with Crippen molar-refractivity contribution in [1.29, 1.82) is 0 Å². The fourth-order valence-corrected chi connectivity index (χ4v) is 2.67. The highest BCUT2D eigenvalue weighted by molar-refractivity contribution is 5.76. The molecule has 1 amide bonds. The molecule has 0 atom stereocenters. The SMILES string of the molecule is CN(CC(N)=O)C1CN(c2ncnc(-c3ccc(F)cc3)c2F)C1. The maximum Gasteiger partial charge on any atom is 0.231 e. The van der Waals surface area contributed by atoms with Crippen LogP contribution >= 0.6 is 0 Å². The predicted molar refractivity (Wildman–Crippen MR) is 85.2 cm³/mol. The Balaban J connectivity index is 1.76. The number of nitrogens with zero attached hydrogens (tertiary/aromatic N) is 4. The van der Waals surface area contributed by atoms with E-state index in [9.17, 15) is 13.6 Å². The van der Waals surface area contributed by atoms with Gasteiger partial charge >= 0.3 is 0 Å². The van der Waals surface area contributed by atoms with E-state index < -0.39 is 17.5 Å². The summed E-state index contributed by atoms with van der Waals surface area (Å²) >= 11 is 0. The first-order valence-electron chi connectivity index (χ1n) is 7.45. The second-order valence-electron chi connectivity index (χ2n) is 5.81. The Morgan fingerprint density at radius 2 is 1.96 bits per heavy atom. The van der Waals surface area contributed by atoms with Crippen LogP contribution in [0.1, 0.15) is 0 Å². The van der Waals surface area contributed by atoms with E-state index in [-0.39, 0.29) is 24.1 Å². The fraction of sp³-hybridized carbons (Fsp3) is 0.312. The molecule has 1 aromatic carbocycles. The lowest BCUT2D eigenvalue weighted by atomic mass is 10.1. The van der Waals surface area contributed by atoms with Gasteiger partial charge in [0.25, 0.3) is 0 Å². The van der Waals surface area contributed by atoms with Gasteiger partial charge in [0.05, 0.1) is 6.54 Å². The van der Waals surface area contributed by atoms with Crippen LogP contribution in [0.2, 0.25) is 0 Å². The number of likely N-dealkylation sites (N-methyl/N-ethyl adjacent to an activating group) is 1. The molecule has 2 heterocycles. The molecule has 0 saturated carbocycles. The highest BCUT2D eigenvalue weighted by Gasteiger charge is 2.33. The van der Waals surface area contributed by atoms with Crippen molar-refractivity contribution in [2.45, 2.75) is 6.04 Å². The number of benzene rings is 1. The molecule has 3 rings (SSSR count). The third kappa shape index (κ3) is 3.18. The summed E-state index contributed by atoms with van der Waals surface area (Å²) in [6, 6.07) is 5.58. The zero-order chi connectivity index (χ0) is 17.3. The van der Waals surface area contributed by atoms with Crippen molar-refractivity contribution in [1.82, 2.24) is 14.9 Å². The number of anilines is 1. The van der Waals surface area contributed by atoms with Gasteiger partial charge in [-0.25, -0.2) is 18.7 Å². The number of hydrogen-bond acceptors (Lipinski definition) is 5. The van der Waals surface area contributed by atoms with Crippen molar-refractivity contribution < 1.29 is 13.6 Å². The van der Waals surface area contributed by atoms with E-state index in [1.165, 1.54) is 30.6 Å². The van der Waals surface area contributed by atoms with Crippen molar-refractivity contribution >= 4 is 11.7 Å². The predicted octanol–water partition coefficient (Wildman–Crippen LogP) is 1.03. The summed E-state index contributed by atoms with van der Waals surface area (Å²) in [4.78, 5) is 22.5. The third-order valence-corrected chi connectivity index (χ3v) is 4.08. The first-order chi connectivity index (χ1) is 11.5. The van der Waals surface area contributed by atoms with Gasteiger partial charge in [-0.3, -0.25) is 9.69 Å². The number of rotatable bonds is 5. The van der Waals surface area contributed by atoms with Crippen molar-refractivity contribution in [3.63, 3.8) is 0 Å². The van der Waals surface area contributed by atoms with E-state index >= 15 is 0 Å². The number of nitrogens with two attached hydrogens (primary N) is 1. The number of halogens is 2. The van der Waals surface area contributed by atoms with E-state index in [0.29, 0.717) is 18.7 Å². The summed E-state index contributed by atoms with van der Waals surface area (Å²) in [7, 11) is 1.80. The lowest BCUT2D eigenvalue weighted by molar-refractivity contribution is -0.119. The Bertz CT molecular complexity index is 747. The van der Waals surface area contributed by atoms with Gasteiger partial charge in [0.15, 0.2) is 11.6 Å². The molecule has 2 N–H and O–H groups in total. The molecule has 1 fully saturated rings. The molecule has 2 aromatic rings. The van der Waals surface area contributed by atoms with E-state index in [4.69, 9.17) is 5.73 Å². The topological polar surface area (TPSA) is 75.3 Å². The van der Waals surface area contributed by atoms with E-state index in [1.807, 2.05) is 4.90 Å². The van der Waals surface area contributed by atoms with Crippen LogP contribution < -0.4 is 10.6 Å². The first kappa shape index (κ1) is 16.3. The number of aromatic nitrogens is 2. The highest BCUT2D eigenvalue weighted by Crippen LogP contribution is 2.29. The summed E-state index contributed by atoms with van der Waals surface area (Å²) in [6.07, 6.45) is 1.29. The molecule has 1 saturated heterocycles. The summed E-state index contributed by atoms with van der Waals surface area (Å²) in [5.41, 5.74) is 5.79. The Kier molecular flexibility index (Phi) is 4.39. The van der Waals surface area contributed by atoms with Crippen LogP contribution in [0.15, 0.2) is 30.6 Å². The maximum atomic E-state index is 14.7. The van der Waals surface area contributed by atoms with Crippen LogP contribution in [-0.4, -0.2) is 53.5 Å². The second-order valence-corrected chi connectivity index (χ2v) is 5.81. The van der Waals surface area contributed by atoms with Gasteiger partial charge in [-0.1, -0.05) is 0 Å². The van der Waals surface area contributed by atoms with Crippen molar-refractivity contribution in [3.8, 4) is 11.3 Å². The fourth-order valence-electron chi connectivity index (χ4n) is 2.67. The Morgan fingerprint density at radius 1 is 1.29 bits per heavy atom. The minimum Gasteiger partial charge on any atom is -0.369 e. The van der Waals surface area contributed by atoms with Gasteiger partial charge in [-0.2, -0.15) is 0 Å². The summed E-state index contributed by atoms with van der Waals surface area (Å²) in [6.45, 7) is 1.24. The molecule has 0 radical (unpaired) electrons. The molecule has 24 heavy (non-hydrogen) atoms. The monoisotopic (exact) mass is 333 g/mol. The molecular formula is C16H17F2N5O. The van der Waals surface area contributed by atoms with Crippen molar-refractivity contribution in [2.75, 3.05) is 31.6 Å². The molecule has 0 spiro atoms. The molecule has 1 aliphatic rings. The van der Waals surface area contributed by atoms with Crippen LogP contribution in [0.3, 0.4) is 0 Å². The zero-order valence-electron chi connectivity index (χ0n) is 13.1. The summed E-state index contributed by atoms with van der Waals surface area (Å²) in [5, 5.41) is 0. The Morgan fingerprint density at radius 3 is 2.58 bits per heavy atom. The van der Waals surface area contributed by atoms with Gasteiger partial charge in [-0.05, 0) is 31.3 Å².